The number of nitrogens with zero attached hydrogens (tertiary/aromatic N) is 2. The fraction of sp³-hybridized carbons (Fsp3) is 0.333. The van der Waals surface area contributed by atoms with E-state index in [4.69, 9.17) is 4.74 Å². The monoisotopic (exact) mass is 569 g/mol. The van der Waals surface area contributed by atoms with E-state index in [-0.39, 0.29) is 17.3 Å². The van der Waals surface area contributed by atoms with Crippen molar-refractivity contribution in [1.29, 1.82) is 0 Å². The first-order valence-electron chi connectivity index (χ1n) is 13.2. The molecule has 0 saturated heterocycles. The summed E-state index contributed by atoms with van der Waals surface area (Å²) in [7, 11) is -2.70. The van der Waals surface area contributed by atoms with Crippen molar-refractivity contribution in [1.82, 2.24) is 10.2 Å². The molecular weight excluding hydrogens is 533 g/mol. The number of carbonyl (C=O) groups excluding carboxylic acids is 2. The SMILES string of the molecule is CCCNC(=O)[C@H](CC)N(Cc1ccc(F)cc1)C(=O)CN(c1ccc(C)cc1)S(=O)(=O)c1ccc(OC)cc1. The van der Waals surface area contributed by atoms with Gasteiger partial charge in [-0.25, -0.2) is 12.8 Å². The number of halogens is 1. The highest BCUT2D eigenvalue weighted by molar-refractivity contribution is 7.92. The Morgan fingerprint density at radius 2 is 1.57 bits per heavy atom. The maximum Gasteiger partial charge on any atom is 0.264 e. The fourth-order valence-electron chi connectivity index (χ4n) is 4.19. The summed E-state index contributed by atoms with van der Waals surface area (Å²) in [6, 6.07) is 17.5. The minimum absolute atomic E-state index is 0.00147. The van der Waals surface area contributed by atoms with Gasteiger partial charge in [0, 0.05) is 13.1 Å². The number of carbonyl (C=O) groups is 2. The van der Waals surface area contributed by atoms with Crippen LogP contribution in [0.5, 0.6) is 5.75 Å². The van der Waals surface area contributed by atoms with Crippen molar-refractivity contribution in [2.45, 2.75) is 51.1 Å². The van der Waals surface area contributed by atoms with Crippen LogP contribution >= 0.6 is 0 Å². The predicted octanol–water partition coefficient (Wildman–Crippen LogP) is 4.67. The number of hydrogen-bond acceptors (Lipinski definition) is 5. The quantitative estimate of drug-likeness (QED) is 0.323. The van der Waals surface area contributed by atoms with Crippen molar-refractivity contribution in [3.05, 3.63) is 89.7 Å². The molecule has 0 aliphatic carbocycles. The maximum absolute atomic E-state index is 14.0. The Kier molecular flexibility index (Phi) is 10.7. The van der Waals surface area contributed by atoms with Crippen LogP contribution in [0.15, 0.2) is 77.7 Å². The smallest absolute Gasteiger partial charge is 0.264 e. The minimum atomic E-state index is -4.19. The molecule has 0 unspecified atom stereocenters. The summed E-state index contributed by atoms with van der Waals surface area (Å²) >= 11 is 0. The van der Waals surface area contributed by atoms with Crippen molar-refractivity contribution >= 4 is 27.5 Å². The summed E-state index contributed by atoms with van der Waals surface area (Å²) in [6.45, 7) is 5.48. The Morgan fingerprint density at radius 1 is 0.950 bits per heavy atom. The second-order valence-electron chi connectivity index (χ2n) is 9.39. The molecule has 0 aliphatic rings. The number of amides is 2. The van der Waals surface area contributed by atoms with Gasteiger partial charge in [0.15, 0.2) is 0 Å². The molecule has 2 amide bonds. The Labute approximate surface area is 235 Å². The van der Waals surface area contributed by atoms with Crippen LogP contribution in [-0.4, -0.2) is 51.4 Å². The zero-order chi connectivity index (χ0) is 29.3. The van der Waals surface area contributed by atoms with Gasteiger partial charge >= 0.3 is 0 Å². The van der Waals surface area contributed by atoms with Crippen molar-refractivity contribution in [3.63, 3.8) is 0 Å². The summed E-state index contributed by atoms with van der Waals surface area (Å²) in [6.07, 6.45) is 1.02. The van der Waals surface area contributed by atoms with Crippen LogP contribution in [0.25, 0.3) is 0 Å². The number of anilines is 1. The second-order valence-corrected chi connectivity index (χ2v) is 11.2. The van der Waals surface area contributed by atoms with E-state index in [1.807, 2.05) is 13.8 Å². The summed E-state index contributed by atoms with van der Waals surface area (Å²) in [5.74, 6) is -0.836. The third-order valence-corrected chi connectivity index (χ3v) is 8.24. The highest BCUT2D eigenvalue weighted by Crippen LogP contribution is 2.26. The van der Waals surface area contributed by atoms with Crippen molar-refractivity contribution in [3.8, 4) is 5.75 Å². The third-order valence-electron chi connectivity index (χ3n) is 6.45. The lowest BCUT2D eigenvalue weighted by atomic mass is 10.1. The van der Waals surface area contributed by atoms with Crippen molar-refractivity contribution in [2.75, 3.05) is 24.5 Å². The molecule has 1 atom stereocenters. The van der Waals surface area contributed by atoms with Gasteiger partial charge in [-0.05, 0) is 73.9 Å². The van der Waals surface area contributed by atoms with Crippen molar-refractivity contribution < 1.29 is 27.1 Å². The van der Waals surface area contributed by atoms with Gasteiger partial charge < -0.3 is 15.0 Å². The molecule has 0 aromatic heterocycles. The second kappa shape index (κ2) is 13.9. The molecule has 0 fully saturated rings. The molecule has 0 aliphatic heterocycles. The minimum Gasteiger partial charge on any atom is -0.497 e. The number of methoxy groups -OCH3 is 1. The highest BCUT2D eigenvalue weighted by atomic mass is 32.2. The lowest BCUT2D eigenvalue weighted by Crippen LogP contribution is -2.52. The predicted molar refractivity (Wildman–Crippen MR) is 153 cm³/mol. The molecule has 10 heteroatoms. The average Bonchev–Trinajstić information content (AvgIpc) is 2.96. The third kappa shape index (κ3) is 7.59. The highest BCUT2D eigenvalue weighted by Gasteiger charge is 2.33. The number of benzene rings is 3. The molecule has 214 valence electrons. The van der Waals surface area contributed by atoms with E-state index in [0.29, 0.717) is 30.0 Å². The first kappa shape index (κ1) is 30.6. The van der Waals surface area contributed by atoms with Gasteiger partial charge in [-0.3, -0.25) is 13.9 Å². The lowest BCUT2D eigenvalue weighted by Gasteiger charge is -2.33. The van der Waals surface area contributed by atoms with Gasteiger partial charge in [0.1, 0.15) is 24.2 Å². The van der Waals surface area contributed by atoms with Crippen LogP contribution in [0.2, 0.25) is 0 Å². The van der Waals surface area contributed by atoms with Gasteiger partial charge in [-0.1, -0.05) is 43.7 Å². The molecule has 0 spiro atoms. The van der Waals surface area contributed by atoms with Gasteiger partial charge in [0.25, 0.3) is 10.0 Å². The Hall–Kier alpha value is -3.92. The largest absolute Gasteiger partial charge is 0.497 e. The lowest BCUT2D eigenvalue weighted by molar-refractivity contribution is -0.140. The zero-order valence-corrected chi connectivity index (χ0v) is 24.1. The van der Waals surface area contributed by atoms with E-state index in [2.05, 4.69) is 5.32 Å². The van der Waals surface area contributed by atoms with E-state index in [1.165, 1.54) is 60.5 Å². The summed E-state index contributed by atoms with van der Waals surface area (Å²) in [5, 5.41) is 2.84. The summed E-state index contributed by atoms with van der Waals surface area (Å²) in [4.78, 5) is 28.4. The normalized spacial score (nSPS) is 11.9. The molecule has 3 aromatic carbocycles. The van der Waals surface area contributed by atoms with Crippen LogP contribution in [0.3, 0.4) is 0 Å². The molecular formula is C30H36FN3O5S. The van der Waals surface area contributed by atoms with E-state index < -0.39 is 34.3 Å². The molecule has 8 nitrogen and oxygen atoms in total. The number of sulfonamides is 1. The number of rotatable bonds is 13. The molecule has 3 rings (SSSR count). The van der Waals surface area contributed by atoms with Gasteiger partial charge in [0.05, 0.1) is 17.7 Å². The average molecular weight is 570 g/mol. The maximum atomic E-state index is 14.0. The Bertz CT molecular complexity index is 1380. The summed E-state index contributed by atoms with van der Waals surface area (Å²) < 4.78 is 47.5. The number of aryl methyl sites for hydroxylation is 1. The van der Waals surface area contributed by atoms with Crippen LogP contribution in [-0.2, 0) is 26.2 Å². The molecule has 0 radical (unpaired) electrons. The van der Waals surface area contributed by atoms with Gasteiger partial charge in [0.2, 0.25) is 11.8 Å². The Balaban J connectivity index is 2.04. The first-order valence-corrected chi connectivity index (χ1v) is 14.6. The molecule has 0 bridgehead atoms. The fourth-order valence-corrected chi connectivity index (χ4v) is 5.60. The Morgan fingerprint density at radius 3 is 2.12 bits per heavy atom. The van der Waals surface area contributed by atoms with E-state index in [9.17, 15) is 22.4 Å². The van der Waals surface area contributed by atoms with E-state index >= 15 is 0 Å². The number of hydrogen-bond donors (Lipinski definition) is 1. The number of nitrogens with one attached hydrogen (secondary N) is 1. The van der Waals surface area contributed by atoms with Gasteiger partial charge in [-0.15, -0.1) is 0 Å². The molecule has 40 heavy (non-hydrogen) atoms. The molecule has 0 heterocycles. The molecule has 0 saturated carbocycles. The van der Waals surface area contributed by atoms with Crippen LogP contribution in [0.1, 0.15) is 37.8 Å². The van der Waals surface area contributed by atoms with Crippen LogP contribution in [0, 0.1) is 12.7 Å². The van der Waals surface area contributed by atoms with Gasteiger partial charge in [-0.2, -0.15) is 0 Å². The van der Waals surface area contributed by atoms with Crippen LogP contribution in [0.4, 0.5) is 10.1 Å². The van der Waals surface area contributed by atoms with E-state index in [0.717, 1.165) is 16.3 Å². The number of ether oxygens (including phenoxy) is 1. The topological polar surface area (TPSA) is 96.0 Å². The standard InChI is InChI=1S/C30H36FN3O5S/c1-5-19-32-30(36)28(6-2)33(20-23-9-11-24(31)12-10-23)29(35)21-34(25-13-7-22(3)8-14-25)40(37,38)27-17-15-26(39-4)16-18-27/h7-18,28H,5-6,19-21H2,1-4H3,(H,32,36)/t28-/m0/s1. The zero-order valence-electron chi connectivity index (χ0n) is 23.3. The summed E-state index contributed by atoms with van der Waals surface area (Å²) in [5.41, 5.74) is 1.84. The first-order chi connectivity index (χ1) is 19.1. The van der Waals surface area contributed by atoms with Crippen molar-refractivity contribution in [2.24, 2.45) is 0 Å². The van der Waals surface area contributed by atoms with E-state index in [1.54, 1.807) is 31.2 Å². The molecule has 1 N–H and O–H groups in total. The van der Waals surface area contributed by atoms with Crippen LogP contribution < -0.4 is 14.4 Å². The molecule has 3 aromatic rings.